The van der Waals surface area contributed by atoms with Gasteiger partial charge in [0.25, 0.3) is 5.91 Å². The maximum Gasteiger partial charge on any atom is 0.325 e. The number of methoxy groups -OCH3 is 1. The van der Waals surface area contributed by atoms with E-state index in [1.165, 1.54) is 16.9 Å². The van der Waals surface area contributed by atoms with Crippen molar-refractivity contribution in [2.45, 2.75) is 6.61 Å². The fourth-order valence-corrected chi connectivity index (χ4v) is 4.41. The molecule has 1 aliphatic rings. The number of carbonyl (C=O) groups excluding carboxylic acids is 2. The van der Waals surface area contributed by atoms with Crippen molar-refractivity contribution < 1.29 is 19.1 Å². The van der Waals surface area contributed by atoms with E-state index in [9.17, 15) is 9.59 Å². The molecule has 184 valence electrons. The Morgan fingerprint density at radius 1 is 1.00 bits per heavy atom. The minimum atomic E-state index is -0.546. The summed E-state index contributed by atoms with van der Waals surface area (Å²) in [5.41, 5.74) is 2.16. The lowest BCUT2D eigenvalue weighted by molar-refractivity contribution is -0.140. The first-order valence-electron chi connectivity index (χ1n) is 10.6. The molecular weight excluding hydrogens is 543 g/mol. The van der Waals surface area contributed by atoms with Crippen LogP contribution in [0, 0.1) is 0 Å². The zero-order valence-electron chi connectivity index (χ0n) is 18.9. The molecule has 0 aliphatic carbocycles. The number of ether oxygens (including phenoxy) is 2. The second-order valence-corrected chi connectivity index (χ2v) is 9.28. The fraction of sp³-hybridized carbons (Fsp3) is 0.115. The normalized spacial score (nSPS) is 14.5. The van der Waals surface area contributed by atoms with Crippen LogP contribution in [0.15, 0.2) is 72.4 Å². The Labute approximate surface area is 228 Å². The highest BCUT2D eigenvalue weighted by atomic mass is 35.5. The summed E-state index contributed by atoms with van der Waals surface area (Å²) < 4.78 is 10.6. The van der Waals surface area contributed by atoms with Crippen LogP contribution in [0.2, 0.25) is 15.1 Å². The van der Waals surface area contributed by atoms with Gasteiger partial charge in [-0.05, 0) is 66.3 Å². The molecule has 3 aromatic rings. The number of hydrogen-bond acceptors (Lipinski definition) is 5. The van der Waals surface area contributed by atoms with E-state index < -0.39 is 11.9 Å². The van der Waals surface area contributed by atoms with Gasteiger partial charge in [-0.2, -0.15) is 0 Å². The van der Waals surface area contributed by atoms with Crippen molar-refractivity contribution in [1.82, 2.24) is 4.90 Å². The molecule has 0 spiro atoms. The van der Waals surface area contributed by atoms with Gasteiger partial charge in [0.1, 0.15) is 24.6 Å². The first kappa shape index (κ1) is 26.0. The quantitative estimate of drug-likeness (QED) is 0.190. The lowest BCUT2D eigenvalue weighted by Crippen LogP contribution is -2.35. The minimum absolute atomic E-state index is 0.143. The number of halogens is 3. The Morgan fingerprint density at radius 2 is 1.72 bits per heavy atom. The number of thiocarbonyl (C=S) groups is 1. The molecule has 1 heterocycles. The van der Waals surface area contributed by atoms with E-state index in [1.807, 2.05) is 18.2 Å². The molecule has 0 aromatic heterocycles. The van der Waals surface area contributed by atoms with Gasteiger partial charge >= 0.3 is 5.97 Å². The van der Waals surface area contributed by atoms with Crippen LogP contribution in [0.4, 0.5) is 5.69 Å². The maximum absolute atomic E-state index is 13.4. The van der Waals surface area contributed by atoms with E-state index in [4.69, 9.17) is 56.5 Å². The molecule has 0 N–H and O–H groups in total. The average molecular weight is 562 g/mol. The summed E-state index contributed by atoms with van der Waals surface area (Å²) in [6.07, 6.45) is 1.61. The number of anilines is 1. The van der Waals surface area contributed by atoms with Crippen LogP contribution in [0.5, 0.6) is 5.75 Å². The van der Waals surface area contributed by atoms with E-state index >= 15 is 0 Å². The molecule has 1 fully saturated rings. The monoisotopic (exact) mass is 560 g/mol. The van der Waals surface area contributed by atoms with Gasteiger partial charge in [-0.25, -0.2) is 0 Å². The molecule has 0 bridgehead atoms. The second kappa shape index (κ2) is 11.3. The molecule has 0 atom stereocenters. The standard InChI is InChI=1S/C26H19Cl3N2O4S/c1-34-24(32)14-30-22(25(33)31(26(30)36)19-9-7-18(27)8-10-19)13-16-6-11-23(21(29)12-16)35-15-17-4-2-3-5-20(17)28/h2-13H,14-15H2,1H3/b22-13-. The number of carbonyl (C=O) groups is 2. The Morgan fingerprint density at radius 3 is 2.39 bits per heavy atom. The lowest BCUT2D eigenvalue weighted by Gasteiger charge is -2.19. The highest BCUT2D eigenvalue weighted by Crippen LogP contribution is 2.32. The van der Waals surface area contributed by atoms with Gasteiger partial charge < -0.3 is 14.4 Å². The number of esters is 1. The summed E-state index contributed by atoms with van der Waals surface area (Å²) in [5.74, 6) is -0.488. The van der Waals surface area contributed by atoms with Crippen molar-refractivity contribution in [2.75, 3.05) is 18.6 Å². The topological polar surface area (TPSA) is 59.1 Å². The minimum Gasteiger partial charge on any atom is -0.487 e. The van der Waals surface area contributed by atoms with Crippen molar-refractivity contribution in [3.63, 3.8) is 0 Å². The number of benzene rings is 3. The van der Waals surface area contributed by atoms with Crippen molar-refractivity contribution in [3.8, 4) is 5.75 Å². The molecule has 36 heavy (non-hydrogen) atoms. The summed E-state index contributed by atoms with van der Waals surface area (Å²) in [6.45, 7) is 0.0132. The van der Waals surface area contributed by atoms with Crippen LogP contribution in [0.25, 0.3) is 6.08 Å². The predicted molar refractivity (Wildman–Crippen MR) is 145 cm³/mol. The Hall–Kier alpha value is -3.10. The van der Waals surface area contributed by atoms with Gasteiger partial charge in [-0.3, -0.25) is 14.5 Å². The summed E-state index contributed by atoms with van der Waals surface area (Å²) in [4.78, 5) is 28.2. The fourth-order valence-electron chi connectivity index (χ4n) is 3.50. The average Bonchev–Trinajstić information content (AvgIpc) is 3.09. The molecule has 10 heteroatoms. The zero-order chi connectivity index (χ0) is 25.8. The maximum atomic E-state index is 13.4. The van der Waals surface area contributed by atoms with Crippen LogP contribution < -0.4 is 9.64 Å². The SMILES string of the molecule is COC(=O)CN1C(=S)N(c2ccc(Cl)cc2)C(=O)/C1=C/c1ccc(OCc2ccccc2Cl)c(Cl)c1. The van der Waals surface area contributed by atoms with Gasteiger partial charge in [-0.1, -0.05) is 59.1 Å². The van der Waals surface area contributed by atoms with Crippen LogP contribution in [0.3, 0.4) is 0 Å². The third kappa shape index (κ3) is 5.65. The number of nitrogens with zero attached hydrogens (tertiary/aromatic N) is 2. The molecule has 1 aliphatic heterocycles. The van der Waals surface area contributed by atoms with Crippen LogP contribution in [-0.4, -0.2) is 35.5 Å². The Kier molecular flexibility index (Phi) is 8.16. The van der Waals surface area contributed by atoms with E-state index in [-0.39, 0.29) is 24.0 Å². The van der Waals surface area contributed by atoms with Crippen molar-refractivity contribution in [2.24, 2.45) is 0 Å². The highest BCUT2D eigenvalue weighted by molar-refractivity contribution is 7.80. The van der Waals surface area contributed by atoms with Crippen LogP contribution in [-0.2, 0) is 20.9 Å². The van der Waals surface area contributed by atoms with Crippen LogP contribution in [0.1, 0.15) is 11.1 Å². The van der Waals surface area contributed by atoms with Gasteiger partial charge in [0.15, 0.2) is 5.11 Å². The first-order valence-corrected chi connectivity index (χ1v) is 12.2. The Balaban J connectivity index is 1.62. The third-order valence-corrected chi connectivity index (χ3v) is 6.65. The van der Waals surface area contributed by atoms with E-state index in [0.29, 0.717) is 32.1 Å². The summed E-state index contributed by atoms with van der Waals surface area (Å²) in [6, 6.07) is 19.1. The molecule has 1 amide bonds. The zero-order valence-corrected chi connectivity index (χ0v) is 22.0. The molecule has 0 radical (unpaired) electrons. The van der Waals surface area contributed by atoms with E-state index in [0.717, 1.165) is 5.56 Å². The highest BCUT2D eigenvalue weighted by Gasteiger charge is 2.40. The van der Waals surface area contributed by atoms with E-state index in [1.54, 1.807) is 54.6 Å². The van der Waals surface area contributed by atoms with E-state index in [2.05, 4.69) is 0 Å². The molecule has 3 aromatic carbocycles. The van der Waals surface area contributed by atoms with Gasteiger partial charge in [0, 0.05) is 15.6 Å². The first-order chi connectivity index (χ1) is 17.3. The molecule has 0 saturated carbocycles. The number of hydrogen-bond donors (Lipinski definition) is 0. The van der Waals surface area contributed by atoms with Gasteiger partial charge in [0.05, 0.1) is 17.8 Å². The second-order valence-electron chi connectivity index (χ2n) is 7.66. The van der Waals surface area contributed by atoms with Crippen molar-refractivity contribution in [3.05, 3.63) is 98.6 Å². The Bertz CT molecular complexity index is 1360. The summed E-state index contributed by atoms with van der Waals surface area (Å²) in [5, 5.41) is 1.61. The molecule has 1 saturated heterocycles. The van der Waals surface area contributed by atoms with Crippen LogP contribution >= 0.6 is 47.0 Å². The molecule has 6 nitrogen and oxygen atoms in total. The van der Waals surface area contributed by atoms with Crippen molar-refractivity contribution >= 4 is 75.8 Å². The third-order valence-electron chi connectivity index (χ3n) is 5.34. The predicted octanol–water partition coefficient (Wildman–Crippen LogP) is 6.37. The lowest BCUT2D eigenvalue weighted by atomic mass is 10.1. The summed E-state index contributed by atoms with van der Waals surface area (Å²) in [7, 11) is 1.27. The van der Waals surface area contributed by atoms with Gasteiger partial charge in [-0.15, -0.1) is 0 Å². The number of rotatable bonds is 7. The molecule has 4 rings (SSSR count). The smallest absolute Gasteiger partial charge is 0.325 e. The largest absolute Gasteiger partial charge is 0.487 e. The molecule has 0 unspecified atom stereocenters. The number of amides is 1. The van der Waals surface area contributed by atoms with Gasteiger partial charge in [0.2, 0.25) is 0 Å². The molecular formula is C26H19Cl3N2O4S. The van der Waals surface area contributed by atoms with Crippen molar-refractivity contribution in [1.29, 1.82) is 0 Å². The summed E-state index contributed by atoms with van der Waals surface area (Å²) >= 11 is 24.2.